The lowest BCUT2D eigenvalue weighted by molar-refractivity contribution is -0.137. The smallest absolute Gasteiger partial charge is 0.243 e. The molecule has 0 N–H and O–H groups in total. The summed E-state index contributed by atoms with van der Waals surface area (Å²) in [7, 11) is -3.61. The number of nitrogens with zero attached hydrogens (tertiary/aromatic N) is 2. The summed E-state index contributed by atoms with van der Waals surface area (Å²) < 4.78 is 27.6. The van der Waals surface area contributed by atoms with Crippen molar-refractivity contribution >= 4 is 27.5 Å². The molecule has 2 heterocycles. The highest BCUT2D eigenvalue weighted by atomic mass is 35.5. The lowest BCUT2D eigenvalue weighted by Gasteiger charge is -2.40. The summed E-state index contributed by atoms with van der Waals surface area (Å²) in [5.41, 5.74) is 0.440. The number of hydrogen-bond acceptors (Lipinski definition) is 3. The molecule has 2 bridgehead atoms. The van der Waals surface area contributed by atoms with Crippen LogP contribution in [0, 0.1) is 16.7 Å². The van der Waals surface area contributed by atoms with E-state index in [-0.39, 0.29) is 34.1 Å². The van der Waals surface area contributed by atoms with E-state index in [2.05, 4.69) is 25.7 Å². The van der Waals surface area contributed by atoms with E-state index >= 15 is 0 Å². The summed E-state index contributed by atoms with van der Waals surface area (Å²) in [6.45, 7) is 8.43. The Balaban J connectivity index is 1.50. The second kappa shape index (κ2) is 7.24. The maximum absolute atomic E-state index is 13.4. The van der Waals surface area contributed by atoms with E-state index in [9.17, 15) is 13.2 Å². The number of halogens is 1. The quantitative estimate of drug-likeness (QED) is 0.711. The minimum Gasteiger partial charge on any atom is -0.339 e. The van der Waals surface area contributed by atoms with Gasteiger partial charge in [-0.3, -0.25) is 4.79 Å². The van der Waals surface area contributed by atoms with E-state index in [4.69, 9.17) is 11.6 Å². The number of likely N-dealkylation sites (tertiary alicyclic amines) is 1. The second-order valence-corrected chi connectivity index (χ2v) is 12.7. The molecule has 7 heteroatoms. The van der Waals surface area contributed by atoms with Gasteiger partial charge >= 0.3 is 0 Å². The molecule has 3 fully saturated rings. The van der Waals surface area contributed by atoms with Crippen LogP contribution in [0.3, 0.4) is 0 Å². The van der Waals surface area contributed by atoms with Crippen LogP contribution in [0.2, 0.25) is 5.02 Å². The van der Waals surface area contributed by atoms with Crippen LogP contribution in [0.1, 0.15) is 52.9 Å². The molecular weight excluding hydrogens is 408 g/mol. The van der Waals surface area contributed by atoms with Gasteiger partial charge in [-0.15, -0.1) is 0 Å². The number of sulfonamides is 1. The van der Waals surface area contributed by atoms with Crippen LogP contribution in [0.25, 0.3) is 0 Å². The zero-order valence-electron chi connectivity index (χ0n) is 17.5. The summed E-state index contributed by atoms with van der Waals surface area (Å²) in [6, 6.07) is 6.55. The molecule has 1 aromatic rings. The molecule has 0 spiro atoms. The third-order valence-electron chi connectivity index (χ3n) is 6.88. The van der Waals surface area contributed by atoms with E-state index in [1.807, 2.05) is 0 Å². The zero-order valence-corrected chi connectivity index (χ0v) is 19.1. The fourth-order valence-corrected chi connectivity index (χ4v) is 7.72. The predicted octanol–water partition coefficient (Wildman–Crippen LogP) is 4.17. The Kier molecular flexibility index (Phi) is 5.28. The molecular formula is C22H31ClN2O3S. The number of benzene rings is 1. The first-order valence-electron chi connectivity index (χ1n) is 10.6. The molecule has 1 aliphatic carbocycles. The van der Waals surface area contributed by atoms with Crippen LogP contribution in [-0.2, 0) is 14.8 Å². The lowest BCUT2D eigenvalue weighted by Crippen LogP contribution is -2.48. The van der Waals surface area contributed by atoms with E-state index in [1.54, 1.807) is 12.1 Å². The SMILES string of the molecule is CC1(C)CC2CC(C)(CN2C(=O)C2CCCN(S(=O)(=O)c3ccc(Cl)cc3)C2)C1. The number of hydrogen-bond donors (Lipinski definition) is 0. The Morgan fingerprint density at radius 2 is 1.83 bits per heavy atom. The zero-order chi connectivity index (χ0) is 21.0. The highest BCUT2D eigenvalue weighted by Gasteiger charge is 2.52. The normalized spacial score (nSPS) is 32.3. The molecule has 5 nitrogen and oxygen atoms in total. The fourth-order valence-electron chi connectivity index (χ4n) is 6.07. The Morgan fingerprint density at radius 3 is 2.52 bits per heavy atom. The molecule has 3 atom stereocenters. The highest BCUT2D eigenvalue weighted by molar-refractivity contribution is 7.89. The molecule has 29 heavy (non-hydrogen) atoms. The molecule has 2 aliphatic heterocycles. The average molecular weight is 439 g/mol. The Labute approximate surface area is 179 Å². The van der Waals surface area contributed by atoms with Gasteiger partial charge in [0.1, 0.15) is 0 Å². The van der Waals surface area contributed by atoms with Gasteiger partial charge in [-0.05, 0) is 67.2 Å². The number of carbonyl (C=O) groups excluding carboxylic acids is 1. The first-order chi connectivity index (χ1) is 13.5. The van der Waals surface area contributed by atoms with Gasteiger partial charge in [0.25, 0.3) is 0 Å². The van der Waals surface area contributed by atoms with Crippen molar-refractivity contribution < 1.29 is 13.2 Å². The van der Waals surface area contributed by atoms with Gasteiger partial charge in [0.05, 0.1) is 10.8 Å². The molecule has 4 rings (SSSR count). The van der Waals surface area contributed by atoms with Gasteiger partial charge in [-0.25, -0.2) is 8.42 Å². The van der Waals surface area contributed by atoms with Crippen molar-refractivity contribution in [3.8, 4) is 0 Å². The third kappa shape index (κ3) is 4.08. The van der Waals surface area contributed by atoms with Gasteiger partial charge < -0.3 is 4.90 Å². The number of rotatable bonds is 3. The first-order valence-corrected chi connectivity index (χ1v) is 12.4. The number of fused-ring (bicyclic) bond motifs is 2. The van der Waals surface area contributed by atoms with E-state index in [1.165, 1.54) is 16.4 Å². The molecule has 0 aromatic heterocycles. The van der Waals surface area contributed by atoms with E-state index in [0.29, 0.717) is 24.0 Å². The maximum Gasteiger partial charge on any atom is 0.243 e. The second-order valence-electron chi connectivity index (χ2n) is 10.3. The van der Waals surface area contributed by atoms with E-state index < -0.39 is 10.0 Å². The van der Waals surface area contributed by atoms with Crippen molar-refractivity contribution in [2.24, 2.45) is 16.7 Å². The van der Waals surface area contributed by atoms with Gasteiger partial charge in [-0.1, -0.05) is 32.4 Å². The summed E-state index contributed by atoms with van der Waals surface area (Å²) >= 11 is 5.90. The predicted molar refractivity (Wildman–Crippen MR) is 114 cm³/mol. The summed E-state index contributed by atoms with van der Waals surface area (Å²) in [5, 5.41) is 0.507. The largest absolute Gasteiger partial charge is 0.339 e. The minimum atomic E-state index is -3.61. The van der Waals surface area contributed by atoms with Crippen molar-refractivity contribution in [3.05, 3.63) is 29.3 Å². The van der Waals surface area contributed by atoms with Crippen LogP contribution in [0.5, 0.6) is 0 Å². The highest BCUT2D eigenvalue weighted by Crippen LogP contribution is 2.52. The van der Waals surface area contributed by atoms with Crippen molar-refractivity contribution in [1.29, 1.82) is 0 Å². The van der Waals surface area contributed by atoms with Crippen molar-refractivity contribution in [1.82, 2.24) is 9.21 Å². The van der Waals surface area contributed by atoms with Gasteiger partial charge in [0.15, 0.2) is 0 Å². The van der Waals surface area contributed by atoms with Gasteiger partial charge in [0, 0.05) is 30.7 Å². The van der Waals surface area contributed by atoms with Crippen LogP contribution >= 0.6 is 11.6 Å². The number of carbonyl (C=O) groups is 1. The Morgan fingerprint density at radius 1 is 1.14 bits per heavy atom. The monoisotopic (exact) mass is 438 g/mol. The Bertz CT molecular complexity index is 899. The molecule has 0 radical (unpaired) electrons. The average Bonchev–Trinajstić information content (AvgIpc) is 2.90. The van der Waals surface area contributed by atoms with Crippen LogP contribution in [0.15, 0.2) is 29.2 Å². The maximum atomic E-state index is 13.4. The molecule has 1 aromatic carbocycles. The minimum absolute atomic E-state index is 0.146. The van der Waals surface area contributed by atoms with Crippen LogP contribution in [-0.4, -0.2) is 49.2 Å². The molecule has 3 unspecified atom stereocenters. The van der Waals surface area contributed by atoms with Crippen LogP contribution < -0.4 is 0 Å². The van der Waals surface area contributed by atoms with Crippen molar-refractivity contribution in [3.63, 3.8) is 0 Å². The van der Waals surface area contributed by atoms with Crippen LogP contribution in [0.4, 0.5) is 0 Å². The number of amides is 1. The van der Waals surface area contributed by atoms with E-state index in [0.717, 1.165) is 32.2 Å². The molecule has 2 saturated heterocycles. The summed E-state index contributed by atoms with van der Waals surface area (Å²) in [6.07, 6.45) is 4.72. The molecule has 160 valence electrons. The summed E-state index contributed by atoms with van der Waals surface area (Å²) in [4.78, 5) is 15.8. The van der Waals surface area contributed by atoms with Crippen molar-refractivity contribution in [2.45, 2.75) is 63.8 Å². The molecule has 3 aliphatic rings. The molecule has 1 saturated carbocycles. The first kappa shape index (κ1) is 21.1. The topological polar surface area (TPSA) is 57.7 Å². The molecule has 1 amide bonds. The van der Waals surface area contributed by atoms with Gasteiger partial charge in [0.2, 0.25) is 15.9 Å². The fraction of sp³-hybridized carbons (Fsp3) is 0.682. The van der Waals surface area contributed by atoms with Gasteiger partial charge in [-0.2, -0.15) is 4.31 Å². The van der Waals surface area contributed by atoms with Crippen molar-refractivity contribution in [2.75, 3.05) is 19.6 Å². The third-order valence-corrected chi connectivity index (χ3v) is 9.01. The standard InChI is InChI=1S/C22H31ClN2O3S/c1-21(2)11-18-12-22(3,14-21)15-25(18)20(26)16-5-4-10-24(13-16)29(27,28)19-8-6-17(23)7-9-19/h6-9,16,18H,4-5,10-15H2,1-3H3. The number of piperidine rings is 1. The lowest BCUT2D eigenvalue weighted by atomic mass is 9.65. The Hall–Kier alpha value is -1.11. The summed E-state index contributed by atoms with van der Waals surface area (Å²) in [5.74, 6) is -0.107.